The van der Waals surface area contributed by atoms with Crippen LogP contribution in [0.2, 0.25) is 0 Å². The van der Waals surface area contributed by atoms with Crippen molar-refractivity contribution in [1.82, 2.24) is 25.1 Å². The second-order valence-electron chi connectivity index (χ2n) is 7.82. The number of hydrogen-bond donors (Lipinski definition) is 4. The Morgan fingerprint density at radius 2 is 2.09 bits per heavy atom. The number of ether oxygens (including phenoxy) is 1. The van der Waals surface area contributed by atoms with Crippen molar-refractivity contribution in [2.75, 3.05) is 25.0 Å². The average Bonchev–Trinajstić information content (AvgIpc) is 3.22. The second kappa shape index (κ2) is 10.1. The van der Waals surface area contributed by atoms with Gasteiger partial charge in [-0.3, -0.25) is 4.79 Å². The van der Waals surface area contributed by atoms with Crippen molar-refractivity contribution in [3.63, 3.8) is 0 Å². The molecule has 0 saturated heterocycles. The summed E-state index contributed by atoms with van der Waals surface area (Å²) >= 11 is 0. The van der Waals surface area contributed by atoms with Crippen LogP contribution in [0.4, 0.5) is 14.9 Å². The molecule has 1 unspecified atom stereocenters. The van der Waals surface area contributed by atoms with Crippen LogP contribution >= 0.6 is 0 Å². The number of pyridine rings is 2. The maximum absolute atomic E-state index is 14.1. The summed E-state index contributed by atoms with van der Waals surface area (Å²) < 4.78 is 20.2. The first-order chi connectivity index (χ1) is 16.1. The van der Waals surface area contributed by atoms with Gasteiger partial charge in [0.25, 0.3) is 5.91 Å². The number of nitrogens with two attached hydrogens (primary N) is 1. The number of alkyl halides is 1. The fraction of sp³-hybridized carbons (Fsp3) is 0.333. The fourth-order valence-corrected chi connectivity index (χ4v) is 2.90. The van der Waals surface area contributed by atoms with E-state index in [1.165, 1.54) is 43.2 Å². The van der Waals surface area contributed by atoms with Gasteiger partial charge in [0.15, 0.2) is 11.5 Å². The van der Waals surface area contributed by atoms with Gasteiger partial charge >= 0.3 is 6.09 Å². The summed E-state index contributed by atoms with van der Waals surface area (Å²) in [6.07, 6.45) is 1.57. The number of amides is 2. The number of carbonyl (C=O) groups excluding carboxylic acids is 2. The van der Waals surface area contributed by atoms with Gasteiger partial charge in [-0.15, -0.1) is 0 Å². The highest BCUT2D eigenvalue weighted by Crippen LogP contribution is 2.22. The molecule has 0 fully saturated rings. The van der Waals surface area contributed by atoms with Crippen LogP contribution in [0.25, 0.3) is 16.9 Å². The Labute approximate surface area is 193 Å². The van der Waals surface area contributed by atoms with Crippen LogP contribution < -0.4 is 16.4 Å². The van der Waals surface area contributed by atoms with Gasteiger partial charge < -0.3 is 26.2 Å². The van der Waals surface area contributed by atoms with Crippen molar-refractivity contribution >= 4 is 28.7 Å². The van der Waals surface area contributed by atoms with E-state index < -0.39 is 30.3 Å². The van der Waals surface area contributed by atoms with Crippen LogP contribution in [0, 0.1) is 11.3 Å². The molecule has 3 rings (SSSR count). The molecular formula is C21H23FN8O4. The lowest BCUT2D eigenvalue weighted by Crippen LogP contribution is -2.42. The largest absolute Gasteiger partial charge is 0.448 e. The van der Waals surface area contributed by atoms with E-state index in [2.05, 4.69) is 25.7 Å². The van der Waals surface area contributed by atoms with Crippen LogP contribution in [0.15, 0.2) is 30.7 Å². The summed E-state index contributed by atoms with van der Waals surface area (Å²) in [4.78, 5) is 32.0. The van der Waals surface area contributed by atoms with Gasteiger partial charge in [-0.2, -0.15) is 15.0 Å². The molecule has 0 aliphatic rings. The molecule has 1 atom stereocenters. The number of nitriles is 1. The minimum atomic E-state index is -1.69. The number of primary amides is 1. The smallest absolute Gasteiger partial charge is 0.404 e. The van der Waals surface area contributed by atoms with E-state index in [4.69, 9.17) is 15.7 Å². The maximum atomic E-state index is 14.1. The van der Waals surface area contributed by atoms with Gasteiger partial charge in [0.2, 0.25) is 0 Å². The van der Waals surface area contributed by atoms with Crippen molar-refractivity contribution in [3.8, 4) is 11.9 Å². The predicted molar refractivity (Wildman–Crippen MR) is 119 cm³/mol. The molecule has 3 aromatic rings. The van der Waals surface area contributed by atoms with Crippen LogP contribution in [-0.2, 0) is 4.74 Å². The summed E-state index contributed by atoms with van der Waals surface area (Å²) in [7, 11) is 0. The molecule has 2 amide bonds. The van der Waals surface area contributed by atoms with Crippen LogP contribution in [0.3, 0.4) is 0 Å². The third-order valence-corrected chi connectivity index (χ3v) is 4.76. The number of fused-ring (bicyclic) bond motifs is 1. The second-order valence-corrected chi connectivity index (χ2v) is 7.82. The third-order valence-electron chi connectivity index (χ3n) is 4.76. The minimum Gasteiger partial charge on any atom is -0.448 e. The first-order valence-corrected chi connectivity index (χ1v) is 10.1. The van der Waals surface area contributed by atoms with Gasteiger partial charge in [-0.25, -0.2) is 19.2 Å². The molecule has 0 aliphatic heterocycles. The van der Waals surface area contributed by atoms with Crippen LogP contribution in [0.1, 0.15) is 29.8 Å². The summed E-state index contributed by atoms with van der Waals surface area (Å²) in [6.45, 7) is 2.24. The molecule has 0 aromatic carbocycles. The van der Waals surface area contributed by atoms with Crippen molar-refractivity contribution in [2.24, 2.45) is 5.73 Å². The molecule has 34 heavy (non-hydrogen) atoms. The third kappa shape index (κ3) is 5.73. The standard InChI is InChI=1S/C21H23FN8O4/c1-21(2,33)16(22)11-28-19(31)14-10-26-17(6-15(14)25-3-4-34-20(24)32)30-18-13(9-29-30)5-12(7-23)8-27-18/h5-6,8-10,16,33H,3-4,11H2,1-2H3,(H2,24,32)(H,25,26)(H,28,31). The Morgan fingerprint density at radius 3 is 2.76 bits per heavy atom. The molecule has 0 saturated carbocycles. The lowest BCUT2D eigenvalue weighted by Gasteiger charge is -2.22. The number of rotatable bonds is 9. The molecular weight excluding hydrogens is 447 g/mol. The topological polar surface area (TPSA) is 181 Å². The van der Waals surface area contributed by atoms with Gasteiger partial charge in [0, 0.05) is 30.4 Å². The van der Waals surface area contributed by atoms with Crippen LogP contribution in [0.5, 0.6) is 0 Å². The SMILES string of the molecule is CC(C)(O)C(F)CNC(=O)c1cnc(-n2ncc3cc(C#N)cnc32)cc1NCCOC(N)=O. The van der Waals surface area contributed by atoms with Crippen LogP contribution in [-0.4, -0.2) is 68.3 Å². The van der Waals surface area contributed by atoms with E-state index in [0.717, 1.165) is 0 Å². The van der Waals surface area contributed by atoms with E-state index in [0.29, 0.717) is 28.1 Å². The zero-order chi connectivity index (χ0) is 24.9. The summed E-state index contributed by atoms with van der Waals surface area (Å²) in [5.74, 6) is -0.326. The summed E-state index contributed by atoms with van der Waals surface area (Å²) in [5.41, 5.74) is 4.53. The predicted octanol–water partition coefficient (Wildman–Crippen LogP) is 1.03. The van der Waals surface area contributed by atoms with Crippen molar-refractivity contribution < 1.29 is 23.8 Å². The molecule has 3 aromatic heterocycles. The number of hydrogen-bond acceptors (Lipinski definition) is 9. The lowest BCUT2D eigenvalue weighted by atomic mass is 10.0. The highest BCUT2D eigenvalue weighted by Gasteiger charge is 2.27. The van der Waals surface area contributed by atoms with E-state index in [-0.39, 0.29) is 18.7 Å². The summed E-state index contributed by atoms with van der Waals surface area (Å²) in [6, 6.07) is 5.16. The van der Waals surface area contributed by atoms with E-state index in [1.807, 2.05) is 6.07 Å². The van der Waals surface area contributed by atoms with Gasteiger partial charge in [0.1, 0.15) is 18.8 Å². The number of nitrogens with one attached hydrogen (secondary N) is 2. The molecule has 3 heterocycles. The van der Waals surface area contributed by atoms with E-state index in [1.54, 1.807) is 6.07 Å². The van der Waals surface area contributed by atoms with Crippen molar-refractivity contribution in [3.05, 3.63) is 41.9 Å². The number of carbonyl (C=O) groups is 2. The fourth-order valence-electron chi connectivity index (χ4n) is 2.90. The maximum Gasteiger partial charge on any atom is 0.404 e. The first kappa shape index (κ1) is 24.3. The molecule has 13 heteroatoms. The molecule has 5 N–H and O–H groups in total. The molecule has 178 valence electrons. The number of aliphatic hydroxyl groups is 1. The Balaban J connectivity index is 1.90. The Morgan fingerprint density at radius 1 is 1.32 bits per heavy atom. The highest BCUT2D eigenvalue weighted by atomic mass is 19.1. The number of nitrogens with zero attached hydrogens (tertiary/aromatic N) is 5. The van der Waals surface area contributed by atoms with E-state index in [9.17, 15) is 19.1 Å². The zero-order valence-corrected chi connectivity index (χ0v) is 18.4. The van der Waals surface area contributed by atoms with Gasteiger partial charge in [0.05, 0.1) is 35.2 Å². The normalized spacial score (nSPS) is 12.1. The molecule has 0 aliphatic carbocycles. The molecule has 0 bridgehead atoms. The lowest BCUT2D eigenvalue weighted by molar-refractivity contribution is -0.00177. The first-order valence-electron chi connectivity index (χ1n) is 10.1. The monoisotopic (exact) mass is 470 g/mol. The van der Waals surface area contributed by atoms with Gasteiger partial charge in [-0.05, 0) is 19.9 Å². The Hall–Kier alpha value is -4.31. The zero-order valence-electron chi connectivity index (χ0n) is 18.4. The quantitative estimate of drug-likeness (QED) is 0.332. The Bertz CT molecular complexity index is 1250. The highest BCUT2D eigenvalue weighted by molar-refractivity contribution is 5.99. The van der Waals surface area contributed by atoms with Gasteiger partial charge in [-0.1, -0.05) is 0 Å². The molecule has 0 radical (unpaired) electrons. The Kier molecular flexibility index (Phi) is 7.22. The summed E-state index contributed by atoms with van der Waals surface area (Å²) in [5, 5.41) is 29.0. The number of aromatic nitrogens is 4. The average molecular weight is 470 g/mol. The molecule has 0 spiro atoms. The van der Waals surface area contributed by atoms with Crippen molar-refractivity contribution in [2.45, 2.75) is 25.6 Å². The number of halogens is 1. The number of anilines is 1. The van der Waals surface area contributed by atoms with Crippen molar-refractivity contribution in [1.29, 1.82) is 5.26 Å². The molecule has 12 nitrogen and oxygen atoms in total. The van der Waals surface area contributed by atoms with E-state index >= 15 is 0 Å². The minimum absolute atomic E-state index is 0.0670.